The number of aryl methyl sites for hydroxylation is 1. The Bertz CT molecular complexity index is 823. The Morgan fingerprint density at radius 3 is 2.62 bits per heavy atom. The number of hydrogen-bond acceptors (Lipinski definition) is 2. The fraction of sp³-hybridized carbons (Fsp3) is 0.476. The molecule has 1 atom stereocenters. The molecule has 0 spiro atoms. The number of carbonyl (C=O) groups is 1. The molecule has 1 aromatic carbocycles. The van der Waals surface area contributed by atoms with Crippen LogP contribution in [-0.4, -0.2) is 52.5 Å². The number of rotatable bonds is 3. The number of carbonyl (C=O) groups excluding carboxylic acids is 1. The van der Waals surface area contributed by atoms with E-state index in [1.54, 1.807) is 0 Å². The average Bonchev–Trinajstić information content (AvgIpc) is 3.34. The van der Waals surface area contributed by atoms with Crippen LogP contribution in [0, 0.1) is 13.8 Å². The van der Waals surface area contributed by atoms with Crippen LogP contribution in [0.15, 0.2) is 30.3 Å². The zero-order chi connectivity index (χ0) is 18.3. The molecule has 26 heavy (non-hydrogen) atoms. The highest BCUT2D eigenvalue weighted by molar-refractivity contribution is 6.30. The van der Waals surface area contributed by atoms with Crippen LogP contribution in [0.5, 0.6) is 0 Å². The van der Waals surface area contributed by atoms with Crippen LogP contribution in [0.1, 0.15) is 41.0 Å². The van der Waals surface area contributed by atoms with Gasteiger partial charge in [-0.1, -0.05) is 17.7 Å². The van der Waals surface area contributed by atoms with Gasteiger partial charge in [-0.15, -0.1) is 0 Å². The molecule has 4 rings (SSSR count). The van der Waals surface area contributed by atoms with Crippen molar-refractivity contribution < 1.29 is 4.79 Å². The highest BCUT2D eigenvalue weighted by Gasteiger charge is 2.33. The van der Waals surface area contributed by atoms with Gasteiger partial charge in [0.2, 0.25) is 0 Å². The standard InChI is InChI=1S/C21H26ClN3O/c1-15-12-20(16(2)25(15)18-7-5-6-17(22)13-18)21(26)24-11-8-19(14-24)23-9-3-4-10-23/h5-7,12-13,19H,3-4,8-11,14H2,1-2H3. The predicted molar refractivity (Wildman–Crippen MR) is 105 cm³/mol. The second-order valence-electron chi connectivity index (χ2n) is 7.54. The van der Waals surface area contributed by atoms with E-state index in [9.17, 15) is 4.79 Å². The molecule has 0 N–H and O–H groups in total. The zero-order valence-electron chi connectivity index (χ0n) is 15.5. The van der Waals surface area contributed by atoms with E-state index in [1.807, 2.05) is 49.1 Å². The van der Waals surface area contributed by atoms with E-state index in [-0.39, 0.29) is 5.91 Å². The van der Waals surface area contributed by atoms with Crippen LogP contribution in [0.2, 0.25) is 5.02 Å². The van der Waals surface area contributed by atoms with Crippen molar-refractivity contribution in [2.45, 2.75) is 39.2 Å². The summed E-state index contributed by atoms with van der Waals surface area (Å²) >= 11 is 6.16. The average molecular weight is 372 g/mol. The lowest BCUT2D eigenvalue weighted by atomic mass is 10.2. The van der Waals surface area contributed by atoms with Gasteiger partial charge in [0.25, 0.3) is 5.91 Å². The van der Waals surface area contributed by atoms with Gasteiger partial charge in [-0.25, -0.2) is 0 Å². The number of amides is 1. The molecule has 0 radical (unpaired) electrons. The topological polar surface area (TPSA) is 28.5 Å². The molecule has 1 amide bonds. The van der Waals surface area contributed by atoms with Crippen LogP contribution in [-0.2, 0) is 0 Å². The smallest absolute Gasteiger partial charge is 0.255 e. The predicted octanol–water partition coefficient (Wildman–Crippen LogP) is 4.06. The van der Waals surface area contributed by atoms with Crippen molar-refractivity contribution in [2.75, 3.05) is 26.2 Å². The lowest BCUT2D eigenvalue weighted by Gasteiger charge is -2.23. The van der Waals surface area contributed by atoms with Crippen LogP contribution >= 0.6 is 11.6 Å². The molecule has 5 heteroatoms. The van der Waals surface area contributed by atoms with Gasteiger partial charge in [-0.05, 0) is 70.5 Å². The fourth-order valence-corrected chi connectivity index (χ4v) is 4.68. The normalized spacial score (nSPS) is 20.9. The Morgan fingerprint density at radius 2 is 1.88 bits per heavy atom. The number of halogens is 1. The molecule has 2 fully saturated rings. The molecule has 2 saturated heterocycles. The Hall–Kier alpha value is -1.78. The van der Waals surface area contributed by atoms with Gasteiger partial charge in [0.15, 0.2) is 0 Å². The summed E-state index contributed by atoms with van der Waals surface area (Å²) in [5.74, 6) is 0.160. The summed E-state index contributed by atoms with van der Waals surface area (Å²) in [5.41, 5.74) is 3.86. The molecule has 2 aliphatic rings. The lowest BCUT2D eigenvalue weighted by molar-refractivity contribution is 0.0779. The van der Waals surface area contributed by atoms with Crippen LogP contribution < -0.4 is 0 Å². The highest BCUT2D eigenvalue weighted by Crippen LogP contribution is 2.26. The van der Waals surface area contributed by atoms with E-state index in [1.165, 1.54) is 25.9 Å². The fourth-order valence-electron chi connectivity index (χ4n) is 4.49. The number of nitrogens with zero attached hydrogens (tertiary/aromatic N) is 3. The van der Waals surface area contributed by atoms with Gasteiger partial charge in [0.1, 0.15) is 0 Å². The van der Waals surface area contributed by atoms with E-state index in [4.69, 9.17) is 11.6 Å². The summed E-state index contributed by atoms with van der Waals surface area (Å²) in [6.45, 7) is 8.17. The van der Waals surface area contributed by atoms with E-state index >= 15 is 0 Å². The first-order chi connectivity index (χ1) is 12.5. The van der Waals surface area contributed by atoms with E-state index in [2.05, 4.69) is 9.47 Å². The maximum Gasteiger partial charge on any atom is 0.255 e. The summed E-state index contributed by atoms with van der Waals surface area (Å²) < 4.78 is 2.12. The molecule has 2 aliphatic heterocycles. The first kappa shape index (κ1) is 17.6. The molecule has 0 saturated carbocycles. The van der Waals surface area contributed by atoms with Crippen LogP contribution in [0.3, 0.4) is 0 Å². The third-order valence-electron chi connectivity index (χ3n) is 5.84. The largest absolute Gasteiger partial charge is 0.337 e. The van der Waals surface area contributed by atoms with Gasteiger partial charge >= 0.3 is 0 Å². The Morgan fingerprint density at radius 1 is 1.12 bits per heavy atom. The molecule has 3 heterocycles. The monoisotopic (exact) mass is 371 g/mol. The van der Waals surface area contributed by atoms with Gasteiger partial charge in [-0.2, -0.15) is 0 Å². The SMILES string of the molecule is Cc1cc(C(=O)N2CCC(N3CCCC3)C2)c(C)n1-c1cccc(Cl)c1. The molecule has 4 nitrogen and oxygen atoms in total. The van der Waals surface area contributed by atoms with Crippen molar-refractivity contribution in [1.82, 2.24) is 14.4 Å². The first-order valence-corrected chi connectivity index (χ1v) is 9.90. The summed E-state index contributed by atoms with van der Waals surface area (Å²) in [6, 6.07) is 10.3. The molecule has 0 aliphatic carbocycles. The van der Waals surface area contributed by atoms with Crippen molar-refractivity contribution in [2.24, 2.45) is 0 Å². The number of likely N-dealkylation sites (tertiary alicyclic amines) is 2. The van der Waals surface area contributed by atoms with Crippen molar-refractivity contribution >= 4 is 17.5 Å². The number of benzene rings is 1. The van der Waals surface area contributed by atoms with Crippen LogP contribution in [0.25, 0.3) is 5.69 Å². The molecule has 1 unspecified atom stereocenters. The molecule has 0 bridgehead atoms. The summed E-state index contributed by atoms with van der Waals surface area (Å²) in [5, 5.41) is 0.705. The molecular formula is C21H26ClN3O. The minimum atomic E-state index is 0.160. The van der Waals surface area contributed by atoms with E-state index < -0.39 is 0 Å². The zero-order valence-corrected chi connectivity index (χ0v) is 16.3. The van der Waals surface area contributed by atoms with Crippen molar-refractivity contribution in [3.8, 4) is 5.69 Å². The maximum absolute atomic E-state index is 13.2. The summed E-state index contributed by atoms with van der Waals surface area (Å²) in [4.78, 5) is 17.8. The van der Waals surface area contributed by atoms with E-state index in [0.717, 1.165) is 42.1 Å². The van der Waals surface area contributed by atoms with Crippen molar-refractivity contribution in [3.63, 3.8) is 0 Å². The molecule has 138 valence electrons. The Kier molecular flexibility index (Phi) is 4.80. The Labute approximate surface area is 160 Å². The van der Waals surface area contributed by atoms with Gasteiger partial charge in [0, 0.05) is 41.2 Å². The first-order valence-electron chi connectivity index (χ1n) is 9.53. The lowest BCUT2D eigenvalue weighted by Crippen LogP contribution is -2.37. The van der Waals surface area contributed by atoms with Gasteiger partial charge < -0.3 is 9.47 Å². The molecular weight excluding hydrogens is 346 g/mol. The molecule has 1 aromatic heterocycles. The van der Waals surface area contributed by atoms with E-state index in [0.29, 0.717) is 11.1 Å². The highest BCUT2D eigenvalue weighted by atomic mass is 35.5. The summed E-state index contributed by atoms with van der Waals surface area (Å²) in [7, 11) is 0. The number of aromatic nitrogens is 1. The third kappa shape index (κ3) is 3.17. The second-order valence-corrected chi connectivity index (χ2v) is 7.97. The van der Waals surface area contributed by atoms with Crippen molar-refractivity contribution in [1.29, 1.82) is 0 Å². The second kappa shape index (κ2) is 7.09. The van der Waals surface area contributed by atoms with Gasteiger partial charge in [0.05, 0.1) is 5.56 Å². The Balaban J connectivity index is 1.56. The molecule has 2 aromatic rings. The third-order valence-corrected chi connectivity index (χ3v) is 6.07. The minimum Gasteiger partial charge on any atom is -0.337 e. The van der Waals surface area contributed by atoms with Crippen LogP contribution in [0.4, 0.5) is 0 Å². The van der Waals surface area contributed by atoms with Gasteiger partial charge in [-0.3, -0.25) is 9.69 Å². The maximum atomic E-state index is 13.2. The van der Waals surface area contributed by atoms with Crippen molar-refractivity contribution in [3.05, 3.63) is 52.3 Å². The minimum absolute atomic E-state index is 0.160. The summed E-state index contributed by atoms with van der Waals surface area (Å²) in [6.07, 6.45) is 3.69. The number of hydrogen-bond donors (Lipinski definition) is 0. The quantitative estimate of drug-likeness (QED) is 0.814.